The van der Waals surface area contributed by atoms with Gasteiger partial charge in [-0.15, -0.1) is 0 Å². The van der Waals surface area contributed by atoms with Crippen LogP contribution < -0.4 is 0 Å². The van der Waals surface area contributed by atoms with Crippen LogP contribution in [-0.4, -0.2) is 33.1 Å². The summed E-state index contributed by atoms with van der Waals surface area (Å²) in [5, 5.41) is 7.99. The third kappa shape index (κ3) is 5.97. The Morgan fingerprint density at radius 1 is 1.86 bits per heavy atom. The maximum absolute atomic E-state index is 9.70. The van der Waals surface area contributed by atoms with Gasteiger partial charge in [-0.05, 0) is 0 Å². The quantitative estimate of drug-likeness (QED) is 0.516. The van der Waals surface area contributed by atoms with Crippen LogP contribution in [0.1, 0.15) is 6.92 Å². The van der Waals surface area contributed by atoms with Crippen LogP contribution in [0.5, 0.6) is 0 Å². The number of carboxylic acids is 1. The Balaban J connectivity index is 0. The van der Waals surface area contributed by atoms with Crippen LogP contribution in [0.25, 0.3) is 0 Å². The van der Waals surface area contributed by atoms with Crippen molar-refractivity contribution >= 4 is 22.5 Å². The molecule has 1 unspecified atom stereocenters. The van der Waals surface area contributed by atoms with Crippen LogP contribution >= 0.6 is 0 Å². The van der Waals surface area contributed by atoms with Gasteiger partial charge in [0.1, 0.15) is 0 Å². The van der Waals surface area contributed by atoms with E-state index in [9.17, 15) is 4.79 Å². The van der Waals surface area contributed by atoms with E-state index in [4.69, 9.17) is 5.11 Å². The minimum atomic E-state index is -0.741. The Bertz CT molecular complexity index is 61.2. The number of carbonyl (C=O) groups is 1. The number of aliphatic carboxylic acids is 1. The molecule has 0 aromatic rings. The molecule has 0 saturated heterocycles. The molecule has 0 spiro atoms. The summed E-state index contributed by atoms with van der Waals surface area (Å²) in [5.74, 6) is -0.741. The average molecular weight is 164 g/mol. The molecule has 7 heavy (non-hydrogen) atoms. The van der Waals surface area contributed by atoms with E-state index in [1.807, 2.05) is 0 Å². The zero-order chi connectivity index (χ0) is 5.15. The van der Waals surface area contributed by atoms with Gasteiger partial charge in [-0.2, -0.15) is 0 Å². The first-order valence-corrected chi connectivity index (χ1v) is 2.79. The Hall–Kier alpha value is -0.0271. The largest absolute Gasteiger partial charge is 0.412 e. The van der Waals surface area contributed by atoms with Crippen molar-refractivity contribution in [1.82, 2.24) is 0 Å². The second kappa shape index (κ2) is 4.14. The molecular weight excluding hydrogens is 157 g/mol. The van der Waals surface area contributed by atoms with Crippen molar-refractivity contribution in [2.75, 3.05) is 0 Å². The molecule has 0 saturated carbocycles. The van der Waals surface area contributed by atoms with Gasteiger partial charge in [0.25, 0.3) is 0 Å². The molecule has 0 fully saturated rings. The van der Waals surface area contributed by atoms with Crippen molar-refractivity contribution in [3.63, 3.8) is 0 Å². The second-order valence-corrected chi connectivity index (χ2v) is 2.88. The number of hydrogen-bond acceptors (Lipinski definition) is 1. The van der Waals surface area contributed by atoms with Crippen molar-refractivity contribution in [2.24, 2.45) is 0 Å². The van der Waals surface area contributed by atoms with Crippen molar-refractivity contribution in [3.05, 3.63) is 0 Å². The third-order valence-corrected chi connectivity index (χ3v) is 0.889. The molecule has 0 heterocycles. The Morgan fingerprint density at radius 2 is 2.00 bits per heavy atom. The predicted molar refractivity (Wildman–Crippen MR) is 26.4 cm³/mol. The van der Waals surface area contributed by atoms with Gasteiger partial charge in [0.05, 0.1) is 0 Å². The fourth-order valence-electron chi connectivity index (χ4n) is 0. The molecule has 0 rings (SSSR count). The predicted octanol–water partition coefficient (Wildman–Crippen LogP) is -0.777. The molecule has 0 aliphatic heterocycles. The van der Waals surface area contributed by atoms with Gasteiger partial charge in [0.2, 0.25) is 0 Å². The topological polar surface area (TPSA) is 68.8 Å². The van der Waals surface area contributed by atoms with Gasteiger partial charge < -0.3 is 5.48 Å². The summed E-state index contributed by atoms with van der Waals surface area (Å²) in [7, 11) is 0. The van der Waals surface area contributed by atoms with Crippen LogP contribution in [-0.2, 0) is 4.79 Å². The monoisotopic (exact) mass is 165 g/mol. The summed E-state index contributed by atoms with van der Waals surface area (Å²) >= 11 is 1.64. The number of carboxylic acid groups (broad SMARTS) is 1. The van der Waals surface area contributed by atoms with Gasteiger partial charge in [0.15, 0.2) is 0 Å². The van der Waals surface area contributed by atoms with E-state index in [0.717, 1.165) is 0 Å². The molecule has 3 nitrogen and oxygen atoms in total. The van der Waals surface area contributed by atoms with E-state index in [0.29, 0.717) is 0 Å². The Kier molecular flexibility index (Phi) is 5.95. The van der Waals surface area contributed by atoms with E-state index >= 15 is 0 Å². The fraction of sp³-hybridized carbons (Fsp3) is 0.667. The van der Waals surface area contributed by atoms with Crippen molar-refractivity contribution in [2.45, 2.75) is 11.7 Å². The average Bonchev–Trinajstić information content (AvgIpc) is 1.36. The summed E-state index contributed by atoms with van der Waals surface area (Å²) in [4.78, 5) is 9.70. The van der Waals surface area contributed by atoms with E-state index in [-0.39, 0.29) is 10.2 Å². The molecule has 41 valence electrons. The van der Waals surface area contributed by atoms with Gasteiger partial charge in [-0.1, -0.05) is 0 Å². The zero-order valence-corrected chi connectivity index (χ0v) is 6.03. The van der Waals surface area contributed by atoms with Crippen LogP contribution in [0.15, 0.2) is 0 Å². The summed E-state index contributed by atoms with van der Waals surface area (Å²) in [6.07, 6.45) is 0. The van der Waals surface area contributed by atoms with E-state index < -0.39 is 5.97 Å². The second-order valence-electron chi connectivity index (χ2n) is 1.06. The van der Waals surface area contributed by atoms with Crippen molar-refractivity contribution in [1.29, 1.82) is 0 Å². The minimum absolute atomic E-state index is 0. The first-order chi connectivity index (χ1) is 2.64. The van der Waals surface area contributed by atoms with Crippen molar-refractivity contribution < 1.29 is 15.4 Å². The summed E-state index contributed by atoms with van der Waals surface area (Å²) < 4.78 is -0.231. The van der Waals surface area contributed by atoms with E-state index in [2.05, 4.69) is 0 Å². The SMILES string of the molecule is C[CH]([Ge])C(=O)O.O. The molecule has 3 N–H and O–H groups in total. The smallest absolute Gasteiger partial charge is 0.412 e. The zero-order valence-electron chi connectivity index (χ0n) is 3.93. The molecular formula is C3H7GeO3. The maximum atomic E-state index is 9.70. The van der Waals surface area contributed by atoms with Crippen molar-refractivity contribution in [3.8, 4) is 0 Å². The van der Waals surface area contributed by atoms with E-state index in [1.165, 1.54) is 0 Å². The standard InChI is InChI=1S/C3H5GeO2.H2O/c1-2(4)3(5)6;/h2H,1H3,(H,5,6);1H2. The van der Waals surface area contributed by atoms with Gasteiger partial charge in [0, 0.05) is 0 Å². The van der Waals surface area contributed by atoms with Crippen LogP contribution in [0.2, 0.25) is 4.75 Å². The molecule has 0 aromatic heterocycles. The molecule has 0 amide bonds. The third-order valence-electron chi connectivity index (χ3n) is 0.370. The van der Waals surface area contributed by atoms with E-state index in [1.54, 1.807) is 23.4 Å². The van der Waals surface area contributed by atoms with Gasteiger partial charge in [-0.25, -0.2) is 0 Å². The molecule has 0 aliphatic rings. The fourth-order valence-corrected chi connectivity index (χ4v) is 0. The summed E-state index contributed by atoms with van der Waals surface area (Å²) in [6.45, 7) is 1.64. The Morgan fingerprint density at radius 3 is 2.00 bits per heavy atom. The normalized spacial score (nSPS) is 11.7. The Labute approximate surface area is 50.3 Å². The van der Waals surface area contributed by atoms with Gasteiger partial charge in [-0.3, -0.25) is 0 Å². The molecule has 0 bridgehead atoms. The maximum Gasteiger partial charge on any atom is -0.412 e. The molecule has 4 heteroatoms. The van der Waals surface area contributed by atoms with Crippen LogP contribution in [0.4, 0.5) is 0 Å². The molecule has 1 atom stereocenters. The summed E-state index contributed by atoms with van der Waals surface area (Å²) in [6, 6.07) is 0. The number of rotatable bonds is 1. The first kappa shape index (κ1) is 10.1. The molecule has 0 aromatic carbocycles. The molecule has 3 radical (unpaired) electrons. The summed E-state index contributed by atoms with van der Waals surface area (Å²) in [5.41, 5.74) is 0. The molecule has 0 aliphatic carbocycles. The van der Waals surface area contributed by atoms with Crippen LogP contribution in [0, 0.1) is 0 Å². The first-order valence-electron chi connectivity index (χ1n) is 1.58. The van der Waals surface area contributed by atoms with Gasteiger partial charge >= 0.3 is 44.1 Å². The van der Waals surface area contributed by atoms with Crippen LogP contribution in [0.3, 0.4) is 0 Å². The minimum Gasteiger partial charge on any atom is -0.412 e. The number of hydrogen-bond donors (Lipinski definition) is 1.